The van der Waals surface area contributed by atoms with Crippen LogP contribution in [0.4, 0.5) is 11.4 Å². The average molecular weight is 657 g/mol. The van der Waals surface area contributed by atoms with Crippen LogP contribution in [0.2, 0.25) is 0 Å². The Morgan fingerprint density at radius 3 is 2.02 bits per heavy atom. The third-order valence-electron chi connectivity index (χ3n) is 8.86. The summed E-state index contributed by atoms with van der Waals surface area (Å²) in [7, 11) is 0. The maximum atomic E-state index is 13.0. The first kappa shape index (κ1) is 36.6. The van der Waals surface area contributed by atoms with Gasteiger partial charge in [-0.3, -0.25) is 4.79 Å². The van der Waals surface area contributed by atoms with Crippen molar-refractivity contribution in [2.24, 2.45) is 22.1 Å². The highest BCUT2D eigenvalue weighted by atomic mass is 16.5. The molecule has 8 heteroatoms. The van der Waals surface area contributed by atoms with Crippen molar-refractivity contribution in [2.75, 3.05) is 13.2 Å². The Labute approximate surface area is 286 Å². The Kier molecular flexibility index (Phi) is 14.9. The number of nitrogens with zero attached hydrogens (tertiary/aromatic N) is 2. The highest BCUT2D eigenvalue weighted by molar-refractivity contribution is 5.91. The van der Waals surface area contributed by atoms with Crippen molar-refractivity contribution in [1.29, 1.82) is 0 Å². The highest BCUT2D eigenvalue weighted by Crippen LogP contribution is 2.39. The number of hydrogen-bond acceptors (Lipinski definition) is 8. The second-order valence-corrected chi connectivity index (χ2v) is 12.8. The molecule has 1 aliphatic carbocycles. The van der Waals surface area contributed by atoms with Crippen LogP contribution in [0.25, 0.3) is 0 Å². The first-order chi connectivity index (χ1) is 23.4. The Bertz CT molecular complexity index is 1460. The van der Waals surface area contributed by atoms with E-state index in [1.54, 1.807) is 60.7 Å². The van der Waals surface area contributed by atoms with Crippen molar-refractivity contribution in [2.45, 2.75) is 105 Å². The van der Waals surface area contributed by atoms with Gasteiger partial charge in [0.05, 0.1) is 30.4 Å². The lowest BCUT2D eigenvalue weighted by molar-refractivity contribution is -0.140. The van der Waals surface area contributed by atoms with Crippen LogP contribution in [0.1, 0.15) is 114 Å². The number of unbranched alkanes of at least 4 members (excludes halogenated alkanes) is 7. The minimum atomic E-state index is -0.469. The van der Waals surface area contributed by atoms with Crippen LogP contribution >= 0.6 is 0 Å². The number of carbonyl (C=O) groups is 2. The van der Waals surface area contributed by atoms with Gasteiger partial charge in [-0.05, 0) is 113 Å². The zero-order valence-corrected chi connectivity index (χ0v) is 29.2. The number of esters is 2. The van der Waals surface area contributed by atoms with E-state index in [9.17, 15) is 9.59 Å². The van der Waals surface area contributed by atoms with Crippen LogP contribution in [0.5, 0.6) is 23.0 Å². The molecular weight excluding hydrogens is 604 g/mol. The van der Waals surface area contributed by atoms with Crippen LogP contribution in [-0.4, -0.2) is 25.2 Å². The van der Waals surface area contributed by atoms with Gasteiger partial charge in [0.2, 0.25) is 0 Å². The van der Waals surface area contributed by atoms with Gasteiger partial charge < -0.3 is 18.9 Å². The van der Waals surface area contributed by atoms with E-state index in [1.165, 1.54) is 38.5 Å². The second kappa shape index (κ2) is 19.6. The molecule has 0 saturated heterocycles. The highest BCUT2D eigenvalue weighted by Gasteiger charge is 2.26. The zero-order valence-electron chi connectivity index (χ0n) is 29.2. The number of azo groups is 1. The molecule has 0 aliphatic heterocycles. The Balaban J connectivity index is 1.42. The van der Waals surface area contributed by atoms with E-state index in [4.69, 9.17) is 18.9 Å². The van der Waals surface area contributed by atoms with E-state index in [2.05, 4.69) is 24.1 Å². The van der Waals surface area contributed by atoms with Gasteiger partial charge in [0, 0.05) is 5.56 Å². The molecular formula is C40H52N2O6. The molecule has 1 aliphatic rings. The van der Waals surface area contributed by atoms with Crippen LogP contribution in [0.3, 0.4) is 0 Å². The number of carbonyl (C=O) groups excluding carboxylic acids is 2. The maximum Gasteiger partial charge on any atom is 0.343 e. The number of benzene rings is 3. The van der Waals surface area contributed by atoms with E-state index >= 15 is 0 Å². The predicted molar refractivity (Wildman–Crippen MR) is 189 cm³/mol. The molecule has 0 atom stereocenters. The third kappa shape index (κ3) is 11.5. The summed E-state index contributed by atoms with van der Waals surface area (Å²) in [6, 6.07) is 17.4. The van der Waals surface area contributed by atoms with Crippen LogP contribution in [0, 0.1) is 18.8 Å². The summed E-state index contributed by atoms with van der Waals surface area (Å²) in [6.45, 7) is 9.31. The van der Waals surface area contributed by atoms with Crippen LogP contribution in [0.15, 0.2) is 70.9 Å². The van der Waals surface area contributed by atoms with Crippen LogP contribution < -0.4 is 18.9 Å². The van der Waals surface area contributed by atoms with Gasteiger partial charge in [0.25, 0.3) is 0 Å². The molecule has 1 saturated carbocycles. The second-order valence-electron chi connectivity index (χ2n) is 12.8. The molecule has 0 heterocycles. The molecule has 3 aromatic carbocycles. The monoisotopic (exact) mass is 656 g/mol. The molecule has 4 rings (SSSR count). The van der Waals surface area contributed by atoms with Gasteiger partial charge in [-0.15, -0.1) is 5.11 Å². The van der Waals surface area contributed by atoms with Gasteiger partial charge in [-0.25, -0.2) is 4.79 Å². The van der Waals surface area contributed by atoms with Gasteiger partial charge in [0.15, 0.2) is 5.75 Å². The van der Waals surface area contributed by atoms with E-state index in [-0.39, 0.29) is 11.9 Å². The first-order valence-electron chi connectivity index (χ1n) is 17.8. The Morgan fingerprint density at radius 2 is 1.35 bits per heavy atom. The van der Waals surface area contributed by atoms with E-state index in [0.29, 0.717) is 64.6 Å². The molecule has 0 unspecified atom stereocenters. The molecule has 1 fully saturated rings. The summed E-state index contributed by atoms with van der Waals surface area (Å²) in [5.41, 5.74) is 2.24. The average Bonchev–Trinajstić information content (AvgIpc) is 3.09. The van der Waals surface area contributed by atoms with Crippen molar-refractivity contribution >= 4 is 23.3 Å². The summed E-state index contributed by atoms with van der Waals surface area (Å²) >= 11 is 0. The van der Waals surface area contributed by atoms with Crippen molar-refractivity contribution < 1.29 is 28.5 Å². The fourth-order valence-corrected chi connectivity index (χ4v) is 5.84. The molecule has 8 nitrogen and oxygen atoms in total. The van der Waals surface area contributed by atoms with E-state index in [0.717, 1.165) is 38.5 Å². The lowest BCUT2D eigenvalue weighted by Crippen LogP contribution is -2.24. The van der Waals surface area contributed by atoms with Crippen molar-refractivity contribution in [3.05, 3.63) is 71.8 Å². The molecule has 3 aromatic rings. The fraction of sp³-hybridized carbons (Fsp3) is 0.500. The van der Waals surface area contributed by atoms with Crippen molar-refractivity contribution in [3.8, 4) is 23.0 Å². The first-order valence-corrected chi connectivity index (χ1v) is 17.8. The van der Waals surface area contributed by atoms with Gasteiger partial charge >= 0.3 is 11.9 Å². The number of rotatable bonds is 18. The lowest BCUT2D eigenvalue weighted by Gasteiger charge is -2.24. The minimum Gasteiger partial charge on any atom is -0.494 e. The molecule has 0 bridgehead atoms. The smallest absolute Gasteiger partial charge is 0.343 e. The molecule has 48 heavy (non-hydrogen) atoms. The predicted octanol–water partition coefficient (Wildman–Crippen LogP) is 11.3. The Hall–Kier alpha value is -4.20. The van der Waals surface area contributed by atoms with Crippen molar-refractivity contribution in [3.63, 3.8) is 0 Å². The number of ether oxygens (including phenoxy) is 4. The lowest BCUT2D eigenvalue weighted by atomic mass is 9.83. The van der Waals surface area contributed by atoms with Crippen molar-refractivity contribution in [1.82, 2.24) is 0 Å². The summed E-state index contributed by atoms with van der Waals surface area (Å²) in [5.74, 6) is 2.15. The van der Waals surface area contributed by atoms with Gasteiger partial charge in [-0.2, -0.15) is 5.11 Å². The van der Waals surface area contributed by atoms with E-state index < -0.39 is 5.97 Å². The largest absolute Gasteiger partial charge is 0.494 e. The Morgan fingerprint density at radius 1 is 0.708 bits per heavy atom. The van der Waals surface area contributed by atoms with Gasteiger partial charge in [-0.1, -0.05) is 58.8 Å². The zero-order chi connectivity index (χ0) is 34.1. The topological polar surface area (TPSA) is 95.8 Å². The standard InChI is InChI=1S/C40H52N2O6/c1-5-7-8-9-10-11-12-13-28-46-38-30(4)37(48-40(44)32-18-22-34(23-19-32)45-6-2)27-26-36(38)42-41-33-20-24-35(25-21-33)47-39(43)31-16-14-29(3)15-17-31/h18-27,29,31H,5-17,28H2,1-4H3. The summed E-state index contributed by atoms with van der Waals surface area (Å²) in [5, 5.41) is 8.94. The SMILES string of the molecule is CCCCCCCCCCOc1c(N=Nc2ccc(OC(=O)C3CCC(C)CC3)cc2)ccc(OC(=O)c2ccc(OCC)cc2)c1C. The maximum absolute atomic E-state index is 13.0. The molecule has 0 aromatic heterocycles. The van der Waals surface area contributed by atoms with E-state index in [1.807, 2.05) is 13.8 Å². The molecule has 258 valence electrons. The summed E-state index contributed by atoms with van der Waals surface area (Å²) in [4.78, 5) is 25.6. The quantitative estimate of drug-likeness (QED) is 0.0585. The summed E-state index contributed by atoms with van der Waals surface area (Å²) < 4.78 is 23.2. The van der Waals surface area contributed by atoms with Gasteiger partial charge in [0.1, 0.15) is 22.9 Å². The molecule has 0 radical (unpaired) electrons. The molecule has 0 N–H and O–H groups in total. The molecule has 0 amide bonds. The summed E-state index contributed by atoms with van der Waals surface area (Å²) in [6.07, 6.45) is 13.5. The minimum absolute atomic E-state index is 0.0313. The third-order valence-corrected chi connectivity index (χ3v) is 8.86. The fourth-order valence-electron chi connectivity index (χ4n) is 5.84. The van der Waals surface area contributed by atoms with Crippen LogP contribution in [-0.2, 0) is 4.79 Å². The normalized spacial score (nSPS) is 16.1. The number of hydrogen-bond donors (Lipinski definition) is 0. The molecule has 0 spiro atoms.